The largest absolute Gasteiger partial charge is 0.394 e. The van der Waals surface area contributed by atoms with E-state index in [1.165, 1.54) is 6.08 Å². The van der Waals surface area contributed by atoms with Gasteiger partial charge in [0.2, 0.25) is 5.91 Å². The molecule has 1 aliphatic rings. The highest BCUT2D eigenvalue weighted by Crippen LogP contribution is 2.16. The third-order valence-corrected chi connectivity index (χ3v) is 3.31. The Labute approximate surface area is 117 Å². The Kier molecular flexibility index (Phi) is 4.96. The van der Waals surface area contributed by atoms with Crippen LogP contribution in [0.5, 0.6) is 0 Å². The molecule has 1 saturated heterocycles. The summed E-state index contributed by atoms with van der Waals surface area (Å²) in [6.45, 7) is 1.35. The third-order valence-electron chi connectivity index (χ3n) is 2.96. The average Bonchev–Trinajstić information content (AvgIpc) is 2.46. The van der Waals surface area contributed by atoms with Crippen molar-refractivity contribution in [2.75, 3.05) is 26.3 Å². The smallest absolute Gasteiger partial charge is 0.246 e. The summed E-state index contributed by atoms with van der Waals surface area (Å²) in [7, 11) is 0. The van der Waals surface area contributed by atoms with E-state index in [1.807, 2.05) is 18.2 Å². The molecule has 0 saturated carbocycles. The molecule has 0 aliphatic carbocycles. The van der Waals surface area contributed by atoms with Crippen molar-refractivity contribution in [3.63, 3.8) is 0 Å². The lowest BCUT2D eigenvalue weighted by atomic mass is 10.2. The number of aliphatic hydroxyl groups excluding tert-OH is 1. The van der Waals surface area contributed by atoms with Crippen molar-refractivity contribution < 1.29 is 14.6 Å². The second-order valence-electron chi connectivity index (χ2n) is 4.31. The van der Waals surface area contributed by atoms with Gasteiger partial charge in [-0.25, -0.2) is 0 Å². The summed E-state index contributed by atoms with van der Waals surface area (Å²) in [5.74, 6) is -0.0957. The number of ether oxygens (including phenoxy) is 1. The number of rotatable bonds is 3. The molecule has 1 unspecified atom stereocenters. The first-order chi connectivity index (χ1) is 9.20. The van der Waals surface area contributed by atoms with E-state index in [0.29, 0.717) is 24.7 Å². The van der Waals surface area contributed by atoms with Gasteiger partial charge in [0.05, 0.1) is 19.3 Å². The van der Waals surface area contributed by atoms with Gasteiger partial charge >= 0.3 is 0 Å². The van der Waals surface area contributed by atoms with Gasteiger partial charge in [-0.05, 0) is 17.7 Å². The Morgan fingerprint density at radius 1 is 1.53 bits per heavy atom. The topological polar surface area (TPSA) is 49.8 Å². The number of aliphatic hydroxyl groups is 1. The van der Waals surface area contributed by atoms with Crippen LogP contribution in [0.1, 0.15) is 5.56 Å². The predicted molar refractivity (Wildman–Crippen MR) is 73.9 cm³/mol. The highest BCUT2D eigenvalue weighted by molar-refractivity contribution is 6.32. The molecule has 1 N–H and O–H groups in total. The van der Waals surface area contributed by atoms with Crippen LogP contribution in [0.25, 0.3) is 6.08 Å². The summed E-state index contributed by atoms with van der Waals surface area (Å²) < 4.78 is 5.30. The van der Waals surface area contributed by atoms with Gasteiger partial charge in [-0.1, -0.05) is 29.8 Å². The van der Waals surface area contributed by atoms with Gasteiger partial charge in [-0.2, -0.15) is 0 Å². The van der Waals surface area contributed by atoms with Crippen molar-refractivity contribution in [1.29, 1.82) is 0 Å². The number of morpholine rings is 1. The summed E-state index contributed by atoms with van der Waals surface area (Å²) in [6.07, 6.45) is 2.92. The van der Waals surface area contributed by atoms with E-state index in [2.05, 4.69) is 0 Å². The molecule has 4 nitrogen and oxygen atoms in total. The molecular weight excluding hydrogens is 266 g/mol. The van der Waals surface area contributed by atoms with Crippen LogP contribution in [-0.4, -0.2) is 48.3 Å². The summed E-state index contributed by atoms with van der Waals surface area (Å²) in [5.41, 5.74) is 0.810. The number of nitrogens with zero attached hydrogens (tertiary/aromatic N) is 1. The van der Waals surface area contributed by atoms with Crippen LogP contribution < -0.4 is 0 Å². The second-order valence-corrected chi connectivity index (χ2v) is 4.72. The molecule has 102 valence electrons. The van der Waals surface area contributed by atoms with E-state index in [-0.39, 0.29) is 18.6 Å². The Bertz CT molecular complexity index is 476. The van der Waals surface area contributed by atoms with Gasteiger partial charge in [0.25, 0.3) is 0 Å². The lowest BCUT2D eigenvalue weighted by molar-refractivity contribution is -0.134. The van der Waals surface area contributed by atoms with E-state index in [0.717, 1.165) is 5.56 Å². The van der Waals surface area contributed by atoms with E-state index in [1.54, 1.807) is 17.0 Å². The van der Waals surface area contributed by atoms with Gasteiger partial charge in [-0.3, -0.25) is 4.79 Å². The van der Waals surface area contributed by atoms with Crippen LogP contribution in [0, 0.1) is 0 Å². The zero-order valence-electron chi connectivity index (χ0n) is 10.5. The van der Waals surface area contributed by atoms with E-state index in [4.69, 9.17) is 21.4 Å². The van der Waals surface area contributed by atoms with E-state index >= 15 is 0 Å². The van der Waals surface area contributed by atoms with Gasteiger partial charge in [0.15, 0.2) is 0 Å². The Balaban J connectivity index is 1.99. The summed E-state index contributed by atoms with van der Waals surface area (Å²) in [4.78, 5) is 13.7. The summed E-state index contributed by atoms with van der Waals surface area (Å²) in [5, 5.41) is 9.65. The molecule has 1 aliphatic heterocycles. The molecule has 1 atom stereocenters. The Morgan fingerprint density at radius 2 is 2.32 bits per heavy atom. The first kappa shape index (κ1) is 14.1. The lowest BCUT2D eigenvalue weighted by Gasteiger charge is -2.31. The molecule has 0 spiro atoms. The van der Waals surface area contributed by atoms with Crippen LogP contribution in [0.3, 0.4) is 0 Å². The van der Waals surface area contributed by atoms with Crippen molar-refractivity contribution >= 4 is 23.6 Å². The Hall–Kier alpha value is -1.36. The number of carbonyl (C=O) groups is 1. The molecular formula is C14H16ClNO3. The molecule has 1 heterocycles. The normalized spacial score (nSPS) is 19.9. The summed E-state index contributed by atoms with van der Waals surface area (Å²) >= 11 is 6.01. The second kappa shape index (κ2) is 6.70. The number of benzene rings is 1. The van der Waals surface area contributed by atoms with Crippen LogP contribution in [0.2, 0.25) is 5.02 Å². The minimum absolute atomic E-state index is 0.0714. The first-order valence-electron chi connectivity index (χ1n) is 6.14. The maximum Gasteiger partial charge on any atom is 0.246 e. The van der Waals surface area contributed by atoms with E-state index < -0.39 is 0 Å². The molecule has 2 rings (SSSR count). The Morgan fingerprint density at radius 3 is 3.05 bits per heavy atom. The number of hydrogen-bond acceptors (Lipinski definition) is 3. The number of amides is 1. The van der Waals surface area contributed by atoms with Gasteiger partial charge in [-0.15, -0.1) is 0 Å². The van der Waals surface area contributed by atoms with Gasteiger partial charge in [0.1, 0.15) is 0 Å². The van der Waals surface area contributed by atoms with Crippen molar-refractivity contribution in [1.82, 2.24) is 4.90 Å². The molecule has 0 aromatic heterocycles. The number of halogens is 1. The van der Waals surface area contributed by atoms with Gasteiger partial charge < -0.3 is 14.7 Å². The van der Waals surface area contributed by atoms with Gasteiger partial charge in [0, 0.05) is 24.2 Å². The third kappa shape index (κ3) is 3.80. The SMILES string of the molecule is O=C(/C=C/c1ccccc1Cl)N1CCOC(CO)C1. The first-order valence-corrected chi connectivity index (χ1v) is 6.52. The van der Waals surface area contributed by atoms with E-state index in [9.17, 15) is 4.79 Å². The van der Waals surface area contributed by atoms with Crippen molar-refractivity contribution in [2.45, 2.75) is 6.10 Å². The van der Waals surface area contributed by atoms with Crippen LogP contribution in [0.15, 0.2) is 30.3 Å². The van der Waals surface area contributed by atoms with Crippen molar-refractivity contribution in [3.05, 3.63) is 40.9 Å². The number of hydrogen-bond donors (Lipinski definition) is 1. The quantitative estimate of drug-likeness (QED) is 0.856. The molecule has 1 aromatic rings. The minimum Gasteiger partial charge on any atom is -0.394 e. The minimum atomic E-state index is -0.286. The zero-order valence-corrected chi connectivity index (χ0v) is 11.2. The zero-order chi connectivity index (χ0) is 13.7. The lowest BCUT2D eigenvalue weighted by Crippen LogP contribution is -2.46. The van der Waals surface area contributed by atoms with Crippen LogP contribution >= 0.6 is 11.6 Å². The standard InChI is InChI=1S/C14H16ClNO3/c15-13-4-2-1-3-11(13)5-6-14(18)16-7-8-19-12(9-16)10-17/h1-6,12,17H,7-10H2/b6-5+. The van der Waals surface area contributed by atoms with Crippen LogP contribution in [-0.2, 0) is 9.53 Å². The fourth-order valence-electron chi connectivity index (χ4n) is 1.91. The maximum absolute atomic E-state index is 12.0. The van der Waals surface area contributed by atoms with Crippen molar-refractivity contribution in [2.24, 2.45) is 0 Å². The molecule has 0 radical (unpaired) electrons. The number of carbonyl (C=O) groups excluding carboxylic acids is 1. The molecule has 19 heavy (non-hydrogen) atoms. The molecule has 5 heteroatoms. The molecule has 1 aromatic carbocycles. The maximum atomic E-state index is 12.0. The predicted octanol–water partition coefficient (Wildman–Crippen LogP) is 1.57. The highest BCUT2D eigenvalue weighted by atomic mass is 35.5. The monoisotopic (exact) mass is 281 g/mol. The summed E-state index contributed by atoms with van der Waals surface area (Å²) in [6, 6.07) is 7.34. The molecule has 1 amide bonds. The molecule has 0 bridgehead atoms. The van der Waals surface area contributed by atoms with Crippen LogP contribution in [0.4, 0.5) is 0 Å². The molecule has 1 fully saturated rings. The average molecular weight is 282 g/mol. The van der Waals surface area contributed by atoms with Crippen molar-refractivity contribution in [3.8, 4) is 0 Å². The highest BCUT2D eigenvalue weighted by Gasteiger charge is 2.22. The fourth-order valence-corrected chi connectivity index (χ4v) is 2.11. The fraction of sp³-hybridized carbons (Fsp3) is 0.357.